The Bertz CT molecular complexity index is 722. The lowest BCUT2D eigenvalue weighted by Gasteiger charge is -2.01. The smallest absolute Gasteiger partial charge is 0.158 e. The van der Waals surface area contributed by atoms with Crippen LogP contribution in [-0.2, 0) is 13.0 Å². The van der Waals surface area contributed by atoms with Crippen molar-refractivity contribution in [2.24, 2.45) is 0 Å². The Morgan fingerprint density at radius 1 is 1.24 bits per heavy atom. The third-order valence-corrected chi connectivity index (χ3v) is 4.21. The molecule has 3 rings (SSSR count). The molecule has 5 nitrogen and oxygen atoms in total. The first-order valence-electron chi connectivity index (χ1n) is 6.94. The van der Waals surface area contributed by atoms with Crippen molar-refractivity contribution in [3.63, 3.8) is 0 Å². The minimum absolute atomic E-state index is 0.0363. The highest BCUT2D eigenvalue weighted by Crippen LogP contribution is 2.30. The van der Waals surface area contributed by atoms with Crippen LogP contribution < -0.4 is 0 Å². The number of thiophene rings is 1. The number of aliphatic hydroxyl groups excluding tert-OH is 2. The second kappa shape index (κ2) is 6.34. The number of aryl methyl sites for hydroxylation is 1. The fourth-order valence-electron chi connectivity index (χ4n) is 2.37. The molecular formula is C15H17N3O2S. The molecule has 0 saturated heterocycles. The van der Waals surface area contributed by atoms with Gasteiger partial charge in [-0.25, -0.2) is 9.67 Å². The predicted molar refractivity (Wildman–Crippen MR) is 83.3 cm³/mol. The van der Waals surface area contributed by atoms with E-state index in [-0.39, 0.29) is 13.2 Å². The van der Waals surface area contributed by atoms with Crippen LogP contribution in [0.15, 0.2) is 29.8 Å². The molecule has 21 heavy (non-hydrogen) atoms. The number of aliphatic hydroxyl groups is 2. The van der Waals surface area contributed by atoms with E-state index in [1.807, 2.05) is 23.7 Å². The van der Waals surface area contributed by atoms with Crippen molar-refractivity contribution >= 4 is 22.4 Å². The Balaban J connectivity index is 2.11. The fraction of sp³-hybridized carbons (Fsp3) is 0.333. The molecule has 3 aromatic heterocycles. The summed E-state index contributed by atoms with van der Waals surface area (Å²) in [4.78, 5) is 5.59. The van der Waals surface area contributed by atoms with Crippen LogP contribution in [0.3, 0.4) is 0 Å². The minimum atomic E-state index is 0.0363. The molecule has 0 atom stereocenters. The molecule has 0 radical (unpaired) electrons. The molecule has 0 saturated carbocycles. The third kappa shape index (κ3) is 2.83. The molecular weight excluding hydrogens is 286 g/mol. The van der Waals surface area contributed by atoms with Crippen LogP contribution in [0.1, 0.15) is 12.0 Å². The molecule has 0 aromatic carbocycles. The predicted octanol–water partition coefficient (Wildman–Crippen LogP) is 2.08. The van der Waals surface area contributed by atoms with E-state index in [0.717, 1.165) is 40.0 Å². The van der Waals surface area contributed by atoms with Crippen LogP contribution in [-0.4, -0.2) is 38.2 Å². The van der Waals surface area contributed by atoms with Crippen LogP contribution in [0.2, 0.25) is 0 Å². The van der Waals surface area contributed by atoms with E-state index < -0.39 is 0 Å². The SMILES string of the molecule is OCCCc1cnc2c(c1)c(-c1cccs1)nn2CCO. The van der Waals surface area contributed by atoms with E-state index in [1.165, 1.54) is 0 Å². The van der Waals surface area contributed by atoms with Crippen molar-refractivity contribution in [3.05, 3.63) is 35.3 Å². The highest BCUT2D eigenvalue weighted by atomic mass is 32.1. The summed E-state index contributed by atoms with van der Waals surface area (Å²) in [5.41, 5.74) is 2.80. The van der Waals surface area contributed by atoms with E-state index >= 15 is 0 Å². The molecule has 0 amide bonds. The first-order valence-corrected chi connectivity index (χ1v) is 7.82. The Hall–Kier alpha value is -1.76. The van der Waals surface area contributed by atoms with Crippen molar-refractivity contribution in [3.8, 4) is 10.6 Å². The zero-order valence-corrected chi connectivity index (χ0v) is 12.4. The fourth-order valence-corrected chi connectivity index (χ4v) is 3.09. The molecule has 0 unspecified atom stereocenters. The van der Waals surface area contributed by atoms with Gasteiger partial charge >= 0.3 is 0 Å². The van der Waals surface area contributed by atoms with Gasteiger partial charge in [-0.2, -0.15) is 5.10 Å². The van der Waals surface area contributed by atoms with Crippen molar-refractivity contribution < 1.29 is 10.2 Å². The summed E-state index contributed by atoms with van der Waals surface area (Å²) in [7, 11) is 0. The van der Waals surface area contributed by atoms with Gasteiger partial charge in [0.15, 0.2) is 5.65 Å². The molecule has 0 aliphatic heterocycles. The van der Waals surface area contributed by atoms with Crippen molar-refractivity contribution in [2.75, 3.05) is 13.2 Å². The molecule has 0 aliphatic rings. The number of fused-ring (bicyclic) bond motifs is 1. The van der Waals surface area contributed by atoms with Crippen LogP contribution in [0.25, 0.3) is 21.6 Å². The van der Waals surface area contributed by atoms with Gasteiger partial charge in [-0.3, -0.25) is 0 Å². The quantitative estimate of drug-likeness (QED) is 0.731. The highest BCUT2D eigenvalue weighted by molar-refractivity contribution is 7.13. The zero-order chi connectivity index (χ0) is 14.7. The summed E-state index contributed by atoms with van der Waals surface area (Å²) in [6.45, 7) is 0.652. The van der Waals surface area contributed by atoms with Gasteiger partial charge in [-0.15, -0.1) is 11.3 Å². The van der Waals surface area contributed by atoms with E-state index in [1.54, 1.807) is 16.0 Å². The number of hydrogen-bond donors (Lipinski definition) is 2. The second-order valence-corrected chi connectivity index (χ2v) is 5.76. The average Bonchev–Trinajstić information content (AvgIpc) is 3.13. The summed E-state index contributed by atoms with van der Waals surface area (Å²) in [5.74, 6) is 0. The van der Waals surface area contributed by atoms with Crippen molar-refractivity contribution in [2.45, 2.75) is 19.4 Å². The van der Waals surface area contributed by atoms with Crippen molar-refractivity contribution in [1.82, 2.24) is 14.8 Å². The van der Waals surface area contributed by atoms with Gasteiger partial charge in [-0.05, 0) is 35.9 Å². The van der Waals surface area contributed by atoms with Crippen LogP contribution in [0.5, 0.6) is 0 Å². The Kier molecular flexibility index (Phi) is 4.28. The summed E-state index contributed by atoms with van der Waals surface area (Å²) >= 11 is 1.64. The Morgan fingerprint density at radius 3 is 2.86 bits per heavy atom. The summed E-state index contributed by atoms with van der Waals surface area (Å²) in [6, 6.07) is 6.13. The lowest BCUT2D eigenvalue weighted by Crippen LogP contribution is -2.04. The number of hydrogen-bond acceptors (Lipinski definition) is 5. The number of pyridine rings is 1. The van der Waals surface area contributed by atoms with E-state index in [0.29, 0.717) is 6.54 Å². The van der Waals surface area contributed by atoms with Gasteiger partial charge in [-0.1, -0.05) is 6.07 Å². The number of aromatic nitrogens is 3. The van der Waals surface area contributed by atoms with Gasteiger partial charge in [0.2, 0.25) is 0 Å². The molecule has 3 aromatic rings. The lowest BCUT2D eigenvalue weighted by atomic mass is 10.1. The van der Waals surface area contributed by atoms with E-state index in [2.05, 4.69) is 16.1 Å². The number of nitrogens with zero attached hydrogens (tertiary/aromatic N) is 3. The molecule has 110 valence electrons. The number of rotatable bonds is 6. The maximum atomic E-state index is 9.18. The molecule has 0 bridgehead atoms. The topological polar surface area (TPSA) is 71.2 Å². The molecule has 0 spiro atoms. The van der Waals surface area contributed by atoms with Gasteiger partial charge < -0.3 is 10.2 Å². The summed E-state index contributed by atoms with van der Waals surface area (Å²) in [5, 5.41) is 25.8. The standard InChI is InChI=1S/C15H17N3O2S/c19-6-1-3-11-9-12-14(13-4-2-8-21-13)17-18(5-7-20)15(12)16-10-11/h2,4,8-10,19-20H,1,3,5-7H2. The van der Waals surface area contributed by atoms with Gasteiger partial charge in [0.25, 0.3) is 0 Å². The molecule has 3 heterocycles. The maximum absolute atomic E-state index is 9.18. The van der Waals surface area contributed by atoms with Crippen LogP contribution in [0, 0.1) is 0 Å². The van der Waals surface area contributed by atoms with Crippen LogP contribution in [0.4, 0.5) is 0 Å². The lowest BCUT2D eigenvalue weighted by molar-refractivity contribution is 0.271. The maximum Gasteiger partial charge on any atom is 0.158 e. The van der Waals surface area contributed by atoms with Crippen LogP contribution >= 0.6 is 11.3 Å². The molecule has 0 fully saturated rings. The molecule has 2 N–H and O–H groups in total. The van der Waals surface area contributed by atoms with E-state index in [9.17, 15) is 5.11 Å². The van der Waals surface area contributed by atoms with E-state index in [4.69, 9.17) is 5.11 Å². The summed E-state index contributed by atoms with van der Waals surface area (Å²) < 4.78 is 1.75. The van der Waals surface area contributed by atoms with Gasteiger partial charge in [0, 0.05) is 18.2 Å². The molecule has 6 heteroatoms. The average molecular weight is 303 g/mol. The zero-order valence-electron chi connectivity index (χ0n) is 11.6. The largest absolute Gasteiger partial charge is 0.396 e. The minimum Gasteiger partial charge on any atom is -0.396 e. The Labute approximate surface area is 126 Å². The molecule has 0 aliphatic carbocycles. The summed E-state index contributed by atoms with van der Waals surface area (Å²) in [6.07, 6.45) is 3.35. The first kappa shape index (κ1) is 14.2. The monoisotopic (exact) mass is 303 g/mol. The first-order chi connectivity index (χ1) is 10.3. The normalized spacial score (nSPS) is 11.3. The second-order valence-electron chi connectivity index (χ2n) is 4.81. The van der Waals surface area contributed by atoms with Gasteiger partial charge in [0.05, 0.1) is 18.0 Å². The van der Waals surface area contributed by atoms with Crippen molar-refractivity contribution in [1.29, 1.82) is 0 Å². The van der Waals surface area contributed by atoms with Gasteiger partial charge in [0.1, 0.15) is 5.69 Å². The third-order valence-electron chi connectivity index (χ3n) is 3.33. The Morgan fingerprint density at radius 2 is 2.14 bits per heavy atom. The highest BCUT2D eigenvalue weighted by Gasteiger charge is 2.14.